The predicted molar refractivity (Wildman–Crippen MR) is 65.1 cm³/mol. The summed E-state index contributed by atoms with van der Waals surface area (Å²) in [4.78, 5) is 8.68. The largest absolute Gasteiger partial charge is 0.319 e. The Morgan fingerprint density at radius 1 is 1.00 bits per heavy atom. The molecule has 0 amide bonds. The smallest absolute Gasteiger partial charge is 0.129 e. The second-order valence-electron chi connectivity index (χ2n) is 3.61. The van der Waals surface area contributed by atoms with E-state index in [0.29, 0.717) is 0 Å². The van der Waals surface area contributed by atoms with Gasteiger partial charge in [0, 0.05) is 30.9 Å². The van der Waals surface area contributed by atoms with E-state index in [0.717, 1.165) is 29.9 Å². The quantitative estimate of drug-likeness (QED) is 0.843. The molecule has 0 fully saturated rings. The normalized spacial score (nSPS) is 10.3. The van der Waals surface area contributed by atoms with Gasteiger partial charge in [-0.3, -0.25) is 0 Å². The minimum atomic E-state index is 0.867. The summed E-state index contributed by atoms with van der Waals surface area (Å²) in [6, 6.07) is 10.2. The number of rotatable bonds is 4. The van der Waals surface area contributed by atoms with E-state index < -0.39 is 0 Å². The second kappa shape index (κ2) is 5.37. The van der Waals surface area contributed by atoms with Crippen molar-refractivity contribution in [1.29, 1.82) is 0 Å². The lowest BCUT2D eigenvalue weighted by Crippen LogP contribution is -2.12. The zero-order valence-corrected chi connectivity index (χ0v) is 9.35. The van der Waals surface area contributed by atoms with Gasteiger partial charge in [-0.25, -0.2) is 9.97 Å². The molecule has 0 aliphatic carbocycles. The maximum Gasteiger partial charge on any atom is 0.129 e. The minimum Gasteiger partial charge on any atom is -0.319 e. The first-order chi connectivity index (χ1) is 7.90. The lowest BCUT2D eigenvalue weighted by atomic mass is 10.1. The lowest BCUT2D eigenvalue weighted by molar-refractivity contribution is 0.755. The summed E-state index contributed by atoms with van der Waals surface area (Å²) in [5, 5.41) is 3.08. The second-order valence-corrected chi connectivity index (χ2v) is 3.61. The highest BCUT2D eigenvalue weighted by molar-refractivity contribution is 5.60. The number of benzene rings is 1. The molecule has 0 atom stereocenters. The summed E-state index contributed by atoms with van der Waals surface area (Å²) < 4.78 is 0. The Bertz CT molecular complexity index is 423. The molecular weight excluding hydrogens is 198 g/mol. The molecular formula is C13H15N3. The van der Waals surface area contributed by atoms with E-state index in [2.05, 4.69) is 27.4 Å². The number of hydrogen-bond donors (Lipinski definition) is 1. The Balaban J connectivity index is 2.13. The third-order valence-corrected chi connectivity index (χ3v) is 2.41. The van der Waals surface area contributed by atoms with Crippen molar-refractivity contribution in [1.82, 2.24) is 15.3 Å². The van der Waals surface area contributed by atoms with Crippen molar-refractivity contribution in [3.05, 3.63) is 48.5 Å². The molecule has 0 unspecified atom stereocenters. The molecule has 0 radical (unpaired) electrons. The average Bonchev–Trinajstić information content (AvgIpc) is 2.38. The van der Waals surface area contributed by atoms with Gasteiger partial charge in [-0.2, -0.15) is 0 Å². The maximum atomic E-state index is 4.34. The van der Waals surface area contributed by atoms with Crippen molar-refractivity contribution in [3.63, 3.8) is 0 Å². The van der Waals surface area contributed by atoms with Crippen LogP contribution in [0.5, 0.6) is 0 Å². The van der Waals surface area contributed by atoms with Gasteiger partial charge in [0.1, 0.15) is 5.82 Å². The van der Waals surface area contributed by atoms with E-state index in [-0.39, 0.29) is 0 Å². The highest BCUT2D eigenvalue weighted by atomic mass is 14.9. The Hall–Kier alpha value is -1.74. The van der Waals surface area contributed by atoms with Crippen LogP contribution in [-0.2, 0) is 6.42 Å². The summed E-state index contributed by atoms with van der Waals surface area (Å²) in [5.74, 6) is 0.883. The number of aromatic nitrogens is 2. The monoisotopic (exact) mass is 213 g/mol. The Kier molecular flexibility index (Phi) is 3.62. The van der Waals surface area contributed by atoms with E-state index in [1.165, 1.54) is 0 Å². The summed E-state index contributed by atoms with van der Waals surface area (Å²) in [7, 11) is 1.93. The predicted octanol–water partition coefficient (Wildman–Crippen LogP) is 1.91. The Labute approximate surface area is 95.6 Å². The van der Waals surface area contributed by atoms with Crippen LogP contribution in [0.15, 0.2) is 42.7 Å². The first-order valence-corrected chi connectivity index (χ1v) is 5.41. The van der Waals surface area contributed by atoms with Gasteiger partial charge < -0.3 is 5.32 Å². The van der Waals surface area contributed by atoms with Crippen LogP contribution in [0.25, 0.3) is 11.1 Å². The van der Waals surface area contributed by atoms with Gasteiger partial charge in [0.25, 0.3) is 0 Å². The van der Waals surface area contributed by atoms with Crippen LogP contribution in [-0.4, -0.2) is 23.6 Å². The van der Waals surface area contributed by atoms with Crippen LogP contribution in [0.3, 0.4) is 0 Å². The summed E-state index contributed by atoms with van der Waals surface area (Å²) in [6.45, 7) is 0.907. The maximum absolute atomic E-state index is 4.34. The molecule has 0 aliphatic heterocycles. The molecule has 0 aliphatic rings. The number of nitrogens with one attached hydrogen (secondary N) is 1. The van der Waals surface area contributed by atoms with Crippen LogP contribution in [0.4, 0.5) is 0 Å². The van der Waals surface area contributed by atoms with E-state index in [1.54, 1.807) is 0 Å². The summed E-state index contributed by atoms with van der Waals surface area (Å²) in [6.07, 6.45) is 4.63. The summed E-state index contributed by atoms with van der Waals surface area (Å²) in [5.41, 5.74) is 2.22. The van der Waals surface area contributed by atoms with Gasteiger partial charge >= 0.3 is 0 Å². The van der Waals surface area contributed by atoms with E-state index in [4.69, 9.17) is 0 Å². The average molecular weight is 213 g/mol. The zero-order chi connectivity index (χ0) is 11.2. The van der Waals surface area contributed by atoms with Crippen molar-refractivity contribution in [2.24, 2.45) is 0 Å². The third kappa shape index (κ3) is 2.64. The van der Waals surface area contributed by atoms with Crippen molar-refractivity contribution < 1.29 is 0 Å². The van der Waals surface area contributed by atoms with Crippen molar-refractivity contribution >= 4 is 0 Å². The number of hydrogen-bond acceptors (Lipinski definition) is 3. The number of nitrogens with zero attached hydrogens (tertiary/aromatic N) is 2. The zero-order valence-electron chi connectivity index (χ0n) is 9.35. The summed E-state index contributed by atoms with van der Waals surface area (Å²) >= 11 is 0. The van der Waals surface area contributed by atoms with Gasteiger partial charge in [0.05, 0.1) is 0 Å². The van der Waals surface area contributed by atoms with Gasteiger partial charge in [-0.1, -0.05) is 30.3 Å². The fourth-order valence-electron chi connectivity index (χ4n) is 1.50. The lowest BCUT2D eigenvalue weighted by Gasteiger charge is -2.02. The number of likely N-dealkylation sites (N-methyl/N-ethyl adjacent to an activating group) is 1. The highest BCUT2D eigenvalue weighted by Gasteiger charge is 1.99. The minimum absolute atomic E-state index is 0.867. The molecule has 82 valence electrons. The third-order valence-electron chi connectivity index (χ3n) is 2.41. The molecule has 16 heavy (non-hydrogen) atoms. The van der Waals surface area contributed by atoms with Crippen LogP contribution in [0.2, 0.25) is 0 Å². The first kappa shape index (κ1) is 10.8. The first-order valence-electron chi connectivity index (χ1n) is 5.41. The standard InChI is InChI=1S/C13H15N3/c1-14-8-7-13-15-9-12(10-16-13)11-5-3-2-4-6-11/h2-6,9-10,14H,7-8H2,1H3. The highest BCUT2D eigenvalue weighted by Crippen LogP contribution is 2.16. The van der Waals surface area contributed by atoms with Crippen LogP contribution in [0, 0.1) is 0 Å². The molecule has 1 heterocycles. The molecule has 0 spiro atoms. The molecule has 0 bridgehead atoms. The molecule has 1 aromatic heterocycles. The molecule has 0 saturated carbocycles. The molecule has 2 aromatic rings. The van der Waals surface area contributed by atoms with Gasteiger partial charge in [-0.05, 0) is 12.6 Å². The van der Waals surface area contributed by atoms with Gasteiger partial charge in [-0.15, -0.1) is 0 Å². The van der Waals surface area contributed by atoms with Crippen molar-refractivity contribution in [3.8, 4) is 11.1 Å². The van der Waals surface area contributed by atoms with Crippen LogP contribution >= 0.6 is 0 Å². The van der Waals surface area contributed by atoms with Crippen molar-refractivity contribution in [2.75, 3.05) is 13.6 Å². The SMILES string of the molecule is CNCCc1ncc(-c2ccccc2)cn1. The molecule has 1 N–H and O–H groups in total. The van der Waals surface area contributed by atoms with Crippen LogP contribution in [0.1, 0.15) is 5.82 Å². The Morgan fingerprint density at radius 2 is 1.69 bits per heavy atom. The fraction of sp³-hybridized carbons (Fsp3) is 0.231. The van der Waals surface area contributed by atoms with E-state index in [1.807, 2.05) is 37.6 Å². The topological polar surface area (TPSA) is 37.8 Å². The molecule has 2 rings (SSSR count). The molecule has 3 nitrogen and oxygen atoms in total. The molecule has 3 heteroatoms. The van der Waals surface area contributed by atoms with Gasteiger partial charge in [0.2, 0.25) is 0 Å². The Morgan fingerprint density at radius 3 is 2.31 bits per heavy atom. The van der Waals surface area contributed by atoms with Crippen molar-refractivity contribution in [2.45, 2.75) is 6.42 Å². The fourth-order valence-corrected chi connectivity index (χ4v) is 1.50. The molecule has 0 saturated heterocycles. The van der Waals surface area contributed by atoms with Gasteiger partial charge in [0.15, 0.2) is 0 Å². The molecule has 1 aromatic carbocycles. The van der Waals surface area contributed by atoms with Crippen LogP contribution < -0.4 is 5.32 Å². The van der Waals surface area contributed by atoms with E-state index in [9.17, 15) is 0 Å². The van der Waals surface area contributed by atoms with E-state index >= 15 is 0 Å².